The summed E-state index contributed by atoms with van der Waals surface area (Å²) in [5.74, 6) is 0. The quantitative estimate of drug-likeness (QED) is 0.685. The van der Waals surface area contributed by atoms with Crippen LogP contribution in [-0.2, 0) is 4.74 Å². The molecule has 1 rings (SSSR count). The Morgan fingerprint density at radius 3 is 2.64 bits per heavy atom. The summed E-state index contributed by atoms with van der Waals surface area (Å²) in [7, 11) is 3.64. The minimum atomic E-state index is 0.0722. The molecule has 82 valence electrons. The van der Waals surface area contributed by atoms with Crippen LogP contribution < -0.4 is 0 Å². The zero-order valence-electron chi connectivity index (χ0n) is 9.32. The maximum absolute atomic E-state index is 11.7. The zero-order valence-corrected chi connectivity index (χ0v) is 9.32. The van der Waals surface area contributed by atoms with Crippen LogP contribution in [0.15, 0.2) is 0 Å². The van der Waals surface area contributed by atoms with E-state index in [1.54, 1.807) is 9.80 Å². The monoisotopic (exact) mass is 200 g/mol. The molecule has 4 heteroatoms. The van der Waals surface area contributed by atoms with E-state index < -0.39 is 0 Å². The molecule has 1 atom stereocenters. The molecule has 0 aliphatic carbocycles. The lowest BCUT2D eigenvalue weighted by Gasteiger charge is -2.25. The number of carbonyl (C=O) groups is 1. The Morgan fingerprint density at radius 1 is 1.43 bits per heavy atom. The van der Waals surface area contributed by atoms with Gasteiger partial charge in [0, 0.05) is 33.8 Å². The minimum Gasteiger partial charge on any atom is -0.376 e. The van der Waals surface area contributed by atoms with Gasteiger partial charge in [-0.25, -0.2) is 4.79 Å². The number of rotatable bonds is 3. The predicted octanol–water partition coefficient (Wildman–Crippen LogP) is 1.17. The second-order valence-electron chi connectivity index (χ2n) is 3.81. The van der Waals surface area contributed by atoms with Crippen LogP contribution in [0, 0.1) is 0 Å². The largest absolute Gasteiger partial charge is 0.376 e. The summed E-state index contributed by atoms with van der Waals surface area (Å²) in [4.78, 5) is 15.1. The third-order valence-electron chi connectivity index (χ3n) is 2.63. The van der Waals surface area contributed by atoms with E-state index in [1.807, 2.05) is 21.0 Å². The molecular formula is C10H20N2O2. The summed E-state index contributed by atoms with van der Waals surface area (Å²) < 4.78 is 5.47. The number of carbonyl (C=O) groups excluding carboxylic acids is 1. The van der Waals surface area contributed by atoms with Crippen LogP contribution in [0.2, 0.25) is 0 Å². The van der Waals surface area contributed by atoms with Crippen molar-refractivity contribution in [1.82, 2.24) is 9.80 Å². The Morgan fingerprint density at radius 2 is 2.14 bits per heavy atom. The van der Waals surface area contributed by atoms with Crippen molar-refractivity contribution in [2.75, 3.05) is 33.8 Å². The Hall–Kier alpha value is -0.770. The molecule has 0 aromatic heterocycles. The molecule has 0 bridgehead atoms. The van der Waals surface area contributed by atoms with Crippen molar-refractivity contribution in [2.45, 2.75) is 25.9 Å². The Bertz CT molecular complexity index is 191. The lowest BCUT2D eigenvalue weighted by Crippen LogP contribution is -2.42. The van der Waals surface area contributed by atoms with E-state index in [2.05, 4.69) is 0 Å². The smallest absolute Gasteiger partial charge is 0.319 e. The number of likely N-dealkylation sites (N-methyl/N-ethyl adjacent to an activating group) is 1. The minimum absolute atomic E-state index is 0.0722. The third kappa shape index (κ3) is 2.87. The Balaban J connectivity index is 2.32. The topological polar surface area (TPSA) is 32.8 Å². The second kappa shape index (κ2) is 5.20. The van der Waals surface area contributed by atoms with Crippen LogP contribution in [0.4, 0.5) is 4.79 Å². The first-order chi connectivity index (χ1) is 6.65. The fourth-order valence-electron chi connectivity index (χ4n) is 1.60. The van der Waals surface area contributed by atoms with E-state index in [-0.39, 0.29) is 12.1 Å². The van der Waals surface area contributed by atoms with Gasteiger partial charge in [0.1, 0.15) is 0 Å². The van der Waals surface area contributed by atoms with E-state index in [4.69, 9.17) is 4.74 Å². The molecule has 2 amide bonds. The number of hydrogen-bond acceptors (Lipinski definition) is 2. The number of urea groups is 1. The first-order valence-electron chi connectivity index (χ1n) is 5.23. The van der Waals surface area contributed by atoms with Crippen molar-refractivity contribution in [3.63, 3.8) is 0 Å². The lowest BCUT2D eigenvalue weighted by atomic mass is 10.2. The van der Waals surface area contributed by atoms with Gasteiger partial charge < -0.3 is 14.5 Å². The average Bonchev–Trinajstić information content (AvgIpc) is 2.68. The number of hydrogen-bond donors (Lipinski definition) is 0. The lowest BCUT2D eigenvalue weighted by molar-refractivity contribution is 0.0822. The van der Waals surface area contributed by atoms with Crippen LogP contribution in [-0.4, -0.2) is 55.7 Å². The molecule has 14 heavy (non-hydrogen) atoms. The highest BCUT2D eigenvalue weighted by molar-refractivity contribution is 5.73. The van der Waals surface area contributed by atoms with Crippen molar-refractivity contribution in [1.29, 1.82) is 0 Å². The standard InChI is InChI=1S/C10H20N2O2/c1-4-11(2)10(13)12(3)8-9-6-5-7-14-9/h9H,4-8H2,1-3H3. The summed E-state index contributed by atoms with van der Waals surface area (Å²) in [6.45, 7) is 4.27. The van der Waals surface area contributed by atoms with Gasteiger partial charge in [-0.05, 0) is 19.8 Å². The van der Waals surface area contributed by atoms with E-state index in [0.29, 0.717) is 6.54 Å². The molecule has 1 heterocycles. The molecule has 1 aliphatic rings. The van der Waals surface area contributed by atoms with Crippen molar-refractivity contribution in [3.8, 4) is 0 Å². The molecule has 0 N–H and O–H groups in total. The van der Waals surface area contributed by atoms with Gasteiger partial charge in [0.2, 0.25) is 0 Å². The SMILES string of the molecule is CCN(C)C(=O)N(C)CC1CCCO1. The Kier molecular flexibility index (Phi) is 4.20. The van der Waals surface area contributed by atoms with Gasteiger partial charge in [-0.1, -0.05) is 0 Å². The van der Waals surface area contributed by atoms with Gasteiger partial charge in [-0.3, -0.25) is 0 Å². The van der Waals surface area contributed by atoms with Crippen LogP contribution in [0.25, 0.3) is 0 Å². The van der Waals surface area contributed by atoms with E-state index in [0.717, 1.165) is 26.0 Å². The molecular weight excluding hydrogens is 180 g/mol. The summed E-state index contributed by atoms with van der Waals surface area (Å²) in [6, 6.07) is 0.0722. The maximum atomic E-state index is 11.7. The van der Waals surface area contributed by atoms with Crippen molar-refractivity contribution >= 4 is 6.03 Å². The number of nitrogens with zero attached hydrogens (tertiary/aromatic N) is 2. The van der Waals surface area contributed by atoms with Gasteiger partial charge in [0.25, 0.3) is 0 Å². The van der Waals surface area contributed by atoms with Gasteiger partial charge in [0.15, 0.2) is 0 Å². The molecule has 0 radical (unpaired) electrons. The van der Waals surface area contributed by atoms with Gasteiger partial charge in [0.05, 0.1) is 6.10 Å². The molecule has 0 aromatic carbocycles. The fourth-order valence-corrected chi connectivity index (χ4v) is 1.60. The predicted molar refractivity (Wildman–Crippen MR) is 55.3 cm³/mol. The Labute approximate surface area is 85.8 Å². The van der Waals surface area contributed by atoms with E-state index >= 15 is 0 Å². The first kappa shape index (κ1) is 11.3. The summed E-state index contributed by atoms with van der Waals surface area (Å²) in [5, 5.41) is 0. The highest BCUT2D eigenvalue weighted by Gasteiger charge is 2.21. The van der Waals surface area contributed by atoms with Crippen LogP contribution in [0.1, 0.15) is 19.8 Å². The van der Waals surface area contributed by atoms with Crippen molar-refractivity contribution in [2.24, 2.45) is 0 Å². The molecule has 1 fully saturated rings. The van der Waals surface area contributed by atoms with E-state index in [1.165, 1.54) is 0 Å². The average molecular weight is 200 g/mol. The van der Waals surface area contributed by atoms with E-state index in [9.17, 15) is 4.79 Å². The normalized spacial score (nSPS) is 20.9. The van der Waals surface area contributed by atoms with Gasteiger partial charge >= 0.3 is 6.03 Å². The summed E-state index contributed by atoms with van der Waals surface area (Å²) >= 11 is 0. The van der Waals surface area contributed by atoms with Crippen LogP contribution >= 0.6 is 0 Å². The molecule has 0 spiro atoms. The second-order valence-corrected chi connectivity index (χ2v) is 3.81. The molecule has 4 nitrogen and oxygen atoms in total. The summed E-state index contributed by atoms with van der Waals surface area (Å²) in [6.07, 6.45) is 2.44. The number of ether oxygens (including phenoxy) is 1. The van der Waals surface area contributed by atoms with Crippen molar-refractivity contribution < 1.29 is 9.53 Å². The fraction of sp³-hybridized carbons (Fsp3) is 0.900. The van der Waals surface area contributed by atoms with Gasteiger partial charge in [-0.2, -0.15) is 0 Å². The molecule has 1 unspecified atom stereocenters. The number of amides is 2. The first-order valence-corrected chi connectivity index (χ1v) is 5.23. The molecule has 0 saturated carbocycles. The molecule has 1 saturated heterocycles. The molecule has 0 aromatic rings. The van der Waals surface area contributed by atoms with Gasteiger partial charge in [-0.15, -0.1) is 0 Å². The highest BCUT2D eigenvalue weighted by Crippen LogP contribution is 2.13. The zero-order chi connectivity index (χ0) is 10.6. The maximum Gasteiger partial charge on any atom is 0.319 e. The summed E-state index contributed by atoms with van der Waals surface area (Å²) in [5.41, 5.74) is 0. The highest BCUT2D eigenvalue weighted by atomic mass is 16.5. The van der Waals surface area contributed by atoms with Crippen LogP contribution in [0.3, 0.4) is 0 Å². The molecule has 1 aliphatic heterocycles. The van der Waals surface area contributed by atoms with Crippen molar-refractivity contribution in [3.05, 3.63) is 0 Å². The third-order valence-corrected chi connectivity index (χ3v) is 2.63. The van der Waals surface area contributed by atoms with Crippen LogP contribution in [0.5, 0.6) is 0 Å².